The van der Waals surface area contributed by atoms with Crippen LogP contribution in [0.3, 0.4) is 0 Å². The highest BCUT2D eigenvalue weighted by Crippen LogP contribution is 2.51. The van der Waals surface area contributed by atoms with Crippen LogP contribution in [-0.4, -0.2) is 48.2 Å². The van der Waals surface area contributed by atoms with E-state index in [2.05, 4.69) is 48.8 Å². The Morgan fingerprint density at radius 2 is 1.79 bits per heavy atom. The van der Waals surface area contributed by atoms with Crippen LogP contribution in [0.15, 0.2) is 10.6 Å². The molecule has 1 aromatic heterocycles. The monoisotopic (exact) mass is 263 g/mol. The third-order valence-electron chi connectivity index (χ3n) is 4.56. The summed E-state index contributed by atoms with van der Waals surface area (Å²) in [6, 6.07) is 2.19. The molecule has 0 radical (unpaired) electrons. The van der Waals surface area contributed by atoms with Crippen molar-refractivity contribution in [1.82, 2.24) is 15.0 Å². The summed E-state index contributed by atoms with van der Waals surface area (Å²) >= 11 is 0. The first-order valence-corrected chi connectivity index (χ1v) is 7.33. The van der Waals surface area contributed by atoms with E-state index in [9.17, 15) is 0 Å². The fourth-order valence-electron chi connectivity index (χ4n) is 2.94. The molecule has 0 amide bonds. The summed E-state index contributed by atoms with van der Waals surface area (Å²) in [4.78, 5) is 5.01. The van der Waals surface area contributed by atoms with Crippen LogP contribution >= 0.6 is 0 Å². The average Bonchev–Trinajstić information content (AvgIpc) is 2.98. The second-order valence-electron chi connectivity index (χ2n) is 7.15. The molecule has 2 heterocycles. The average molecular weight is 263 g/mol. The second-order valence-corrected chi connectivity index (χ2v) is 7.15. The van der Waals surface area contributed by atoms with Gasteiger partial charge in [-0.05, 0) is 19.9 Å². The number of nitrogens with zero attached hydrogens (tertiary/aromatic N) is 3. The number of piperazine rings is 1. The Labute approximate surface area is 115 Å². The van der Waals surface area contributed by atoms with Crippen LogP contribution in [-0.2, 0) is 11.0 Å². The van der Waals surface area contributed by atoms with E-state index in [1.54, 1.807) is 0 Å². The summed E-state index contributed by atoms with van der Waals surface area (Å²) in [5, 5.41) is 4.38. The summed E-state index contributed by atoms with van der Waals surface area (Å²) in [5.74, 6) is 1.00. The van der Waals surface area contributed by atoms with E-state index >= 15 is 0 Å². The molecular formula is C15H25N3O. The standard InChI is InChI=1S/C15H25N3O/c1-14(2,3)13-11-12(16-19-13)15(5-6-15)18-9-7-17(4)8-10-18/h11H,5-10H2,1-4H3. The topological polar surface area (TPSA) is 32.5 Å². The number of likely N-dealkylation sites (N-methyl/N-ethyl adjacent to an activating group) is 1. The van der Waals surface area contributed by atoms with Gasteiger partial charge >= 0.3 is 0 Å². The molecule has 0 unspecified atom stereocenters. The maximum Gasteiger partial charge on any atom is 0.142 e. The molecule has 1 aromatic rings. The molecule has 1 aliphatic carbocycles. The summed E-state index contributed by atoms with van der Waals surface area (Å²) in [7, 11) is 2.20. The van der Waals surface area contributed by atoms with Gasteiger partial charge in [0.15, 0.2) is 0 Å². The zero-order chi connectivity index (χ0) is 13.7. The fourth-order valence-corrected chi connectivity index (χ4v) is 2.94. The normalized spacial score (nSPS) is 24.6. The Hall–Kier alpha value is -0.870. The van der Waals surface area contributed by atoms with Gasteiger partial charge in [0.05, 0.1) is 5.54 Å². The number of rotatable bonds is 2. The summed E-state index contributed by atoms with van der Waals surface area (Å²) in [6.07, 6.45) is 2.46. The highest BCUT2D eigenvalue weighted by molar-refractivity contribution is 5.26. The lowest BCUT2D eigenvalue weighted by Crippen LogP contribution is -2.49. The molecule has 2 fully saturated rings. The lowest BCUT2D eigenvalue weighted by molar-refractivity contribution is 0.0934. The molecule has 19 heavy (non-hydrogen) atoms. The van der Waals surface area contributed by atoms with Crippen molar-refractivity contribution in [3.63, 3.8) is 0 Å². The second kappa shape index (κ2) is 4.32. The van der Waals surface area contributed by atoms with Gasteiger partial charge in [0, 0.05) is 37.7 Å². The van der Waals surface area contributed by atoms with Crippen LogP contribution < -0.4 is 0 Å². The van der Waals surface area contributed by atoms with E-state index in [-0.39, 0.29) is 11.0 Å². The van der Waals surface area contributed by atoms with Gasteiger partial charge in [-0.1, -0.05) is 25.9 Å². The largest absolute Gasteiger partial charge is 0.361 e. The molecule has 2 aliphatic rings. The maximum absolute atomic E-state index is 5.58. The Bertz CT molecular complexity index is 448. The molecular weight excluding hydrogens is 238 g/mol. The zero-order valence-corrected chi connectivity index (χ0v) is 12.6. The minimum absolute atomic E-state index is 0.0451. The van der Waals surface area contributed by atoms with Crippen molar-refractivity contribution in [3.05, 3.63) is 17.5 Å². The van der Waals surface area contributed by atoms with Crippen LogP contribution in [0.5, 0.6) is 0 Å². The molecule has 1 aliphatic heterocycles. The van der Waals surface area contributed by atoms with Crippen molar-refractivity contribution < 1.29 is 4.52 Å². The third-order valence-corrected chi connectivity index (χ3v) is 4.56. The molecule has 0 spiro atoms. The molecule has 4 heteroatoms. The van der Waals surface area contributed by atoms with E-state index in [1.807, 2.05) is 0 Å². The lowest BCUT2D eigenvalue weighted by atomic mass is 9.92. The fraction of sp³-hybridized carbons (Fsp3) is 0.800. The molecule has 4 nitrogen and oxygen atoms in total. The lowest BCUT2D eigenvalue weighted by Gasteiger charge is -2.37. The molecule has 106 valence electrons. The van der Waals surface area contributed by atoms with E-state index in [0.29, 0.717) is 0 Å². The Balaban J connectivity index is 1.79. The molecule has 0 bridgehead atoms. The summed E-state index contributed by atoms with van der Waals surface area (Å²) in [6.45, 7) is 11.1. The number of hydrogen-bond donors (Lipinski definition) is 0. The van der Waals surface area contributed by atoms with E-state index in [0.717, 1.165) is 37.6 Å². The predicted molar refractivity (Wildman–Crippen MR) is 75.2 cm³/mol. The first-order chi connectivity index (χ1) is 8.92. The van der Waals surface area contributed by atoms with Gasteiger partial charge in [-0.15, -0.1) is 0 Å². The van der Waals surface area contributed by atoms with Crippen molar-refractivity contribution >= 4 is 0 Å². The van der Waals surface area contributed by atoms with Crippen molar-refractivity contribution in [2.75, 3.05) is 33.2 Å². The molecule has 0 aromatic carbocycles. The minimum atomic E-state index is 0.0451. The van der Waals surface area contributed by atoms with Gasteiger partial charge < -0.3 is 9.42 Å². The molecule has 0 atom stereocenters. The van der Waals surface area contributed by atoms with E-state index in [1.165, 1.54) is 12.8 Å². The molecule has 1 saturated heterocycles. The first-order valence-electron chi connectivity index (χ1n) is 7.33. The van der Waals surface area contributed by atoms with Crippen LogP contribution in [0.1, 0.15) is 45.1 Å². The van der Waals surface area contributed by atoms with Gasteiger partial charge in [0.2, 0.25) is 0 Å². The molecule has 1 saturated carbocycles. The Kier molecular flexibility index (Phi) is 2.98. The molecule has 3 rings (SSSR count). The summed E-state index contributed by atoms with van der Waals surface area (Å²) in [5.41, 5.74) is 1.39. The van der Waals surface area contributed by atoms with E-state index < -0.39 is 0 Å². The van der Waals surface area contributed by atoms with E-state index in [4.69, 9.17) is 4.52 Å². The van der Waals surface area contributed by atoms with Gasteiger partial charge in [-0.25, -0.2) is 0 Å². The van der Waals surface area contributed by atoms with Crippen molar-refractivity contribution in [2.24, 2.45) is 0 Å². The number of hydrogen-bond acceptors (Lipinski definition) is 4. The van der Waals surface area contributed by atoms with Gasteiger partial charge in [0.25, 0.3) is 0 Å². The van der Waals surface area contributed by atoms with Crippen molar-refractivity contribution in [2.45, 2.75) is 44.6 Å². The van der Waals surface area contributed by atoms with Crippen LogP contribution in [0.25, 0.3) is 0 Å². The van der Waals surface area contributed by atoms with Crippen LogP contribution in [0, 0.1) is 0 Å². The first kappa shape index (κ1) is 13.1. The van der Waals surface area contributed by atoms with Crippen LogP contribution in [0.4, 0.5) is 0 Å². The van der Waals surface area contributed by atoms with Gasteiger partial charge in [0.1, 0.15) is 11.5 Å². The highest BCUT2D eigenvalue weighted by atomic mass is 16.5. The summed E-state index contributed by atoms with van der Waals surface area (Å²) < 4.78 is 5.58. The molecule has 0 N–H and O–H groups in total. The quantitative estimate of drug-likeness (QED) is 0.819. The number of aromatic nitrogens is 1. The predicted octanol–water partition coefficient (Wildman–Crippen LogP) is 2.21. The van der Waals surface area contributed by atoms with Crippen molar-refractivity contribution in [1.29, 1.82) is 0 Å². The van der Waals surface area contributed by atoms with Gasteiger partial charge in [-0.2, -0.15) is 0 Å². The Morgan fingerprint density at radius 1 is 1.16 bits per heavy atom. The van der Waals surface area contributed by atoms with Crippen molar-refractivity contribution in [3.8, 4) is 0 Å². The SMILES string of the molecule is CN1CCN(C2(c3cc(C(C)(C)C)on3)CC2)CC1. The van der Waals surface area contributed by atoms with Crippen LogP contribution in [0.2, 0.25) is 0 Å². The third kappa shape index (κ3) is 2.32. The highest BCUT2D eigenvalue weighted by Gasteiger charge is 2.52. The smallest absolute Gasteiger partial charge is 0.142 e. The minimum Gasteiger partial charge on any atom is -0.361 e. The zero-order valence-electron chi connectivity index (χ0n) is 12.6. The Morgan fingerprint density at radius 3 is 2.26 bits per heavy atom. The maximum atomic E-state index is 5.58. The van der Waals surface area contributed by atoms with Gasteiger partial charge in [-0.3, -0.25) is 4.90 Å².